The lowest BCUT2D eigenvalue weighted by atomic mass is 9.90. The van der Waals surface area contributed by atoms with Gasteiger partial charge in [-0.25, -0.2) is 17.6 Å². The Morgan fingerprint density at radius 3 is 0.856 bits per heavy atom. The Labute approximate surface area is 525 Å². The molecule has 438 valence electrons. The number of rotatable bonds is 14. The molecule has 14 aromatic rings. The van der Waals surface area contributed by atoms with E-state index < -0.39 is 39.4 Å². The molecular weight excluding hydrogens is 1150 g/mol. The van der Waals surface area contributed by atoms with E-state index >= 15 is 17.6 Å². The fourth-order valence-electron chi connectivity index (χ4n) is 12.9. The van der Waals surface area contributed by atoms with Crippen LogP contribution in [0.15, 0.2) is 279 Å². The van der Waals surface area contributed by atoms with Crippen molar-refractivity contribution >= 4 is 93.0 Å². The average Bonchev–Trinajstić information content (AvgIpc) is 0.725. The van der Waals surface area contributed by atoms with Gasteiger partial charge in [0.1, 0.15) is 11.6 Å². The molecule has 14 rings (SSSR count). The van der Waals surface area contributed by atoms with Crippen LogP contribution in [0.2, 0.25) is 39.3 Å². The Balaban J connectivity index is 1.02. The second-order valence-electron chi connectivity index (χ2n) is 25.5. The van der Waals surface area contributed by atoms with Crippen LogP contribution in [-0.2, 0) is 0 Å². The van der Waals surface area contributed by atoms with Crippen LogP contribution < -0.4 is 20.2 Å². The van der Waals surface area contributed by atoms with Crippen molar-refractivity contribution in [2.45, 2.75) is 39.3 Å². The van der Waals surface area contributed by atoms with Gasteiger partial charge in [0, 0.05) is 45.4 Å². The maximum atomic E-state index is 18.0. The Morgan fingerprint density at radius 1 is 0.267 bits per heavy atom. The molecule has 0 unspecified atom stereocenters. The standard InChI is InChI=1S/C82H64F4N2Si2/c1-89(2,3)69-35-31-67(32-36-69)87(81-73(49-65(83)51-75(81)85)63-45-59(53-19-11-7-12-20-53)43-60(46-63)54-21-13-8-14-22-54)77-41-29-57-28-40-72-78(42-30-58-27-39-71(77)79(57)80(58)72)88(68-33-37-70(38-34-68)90(4,5)6)82-74(50-66(84)52-76(82)86)64-47-61(55-23-15-9-16-24-55)44-62(48-64)56-25-17-10-18-26-56/h7-52H,1-6H3. The quantitative estimate of drug-likeness (QED) is 0.0608. The van der Waals surface area contributed by atoms with Crippen molar-refractivity contribution in [1.82, 2.24) is 0 Å². The third-order valence-corrected chi connectivity index (χ3v) is 21.6. The van der Waals surface area contributed by atoms with E-state index in [1.165, 1.54) is 22.5 Å². The molecule has 0 aliphatic rings. The Bertz CT molecular complexity index is 4560. The van der Waals surface area contributed by atoms with Gasteiger partial charge in [-0.15, -0.1) is 0 Å². The van der Waals surface area contributed by atoms with Gasteiger partial charge >= 0.3 is 0 Å². The molecule has 0 atom stereocenters. The van der Waals surface area contributed by atoms with Crippen molar-refractivity contribution in [3.63, 3.8) is 0 Å². The highest BCUT2D eigenvalue weighted by Gasteiger charge is 2.30. The summed E-state index contributed by atoms with van der Waals surface area (Å²) < 4.78 is 68.7. The molecule has 0 aliphatic carbocycles. The molecule has 8 heteroatoms. The summed E-state index contributed by atoms with van der Waals surface area (Å²) in [5.41, 5.74) is 12.6. The maximum absolute atomic E-state index is 18.0. The first-order valence-electron chi connectivity index (χ1n) is 30.5. The molecule has 90 heavy (non-hydrogen) atoms. The van der Waals surface area contributed by atoms with E-state index in [0.717, 1.165) is 89.0 Å². The zero-order chi connectivity index (χ0) is 62.0. The van der Waals surface area contributed by atoms with Crippen molar-refractivity contribution < 1.29 is 17.6 Å². The van der Waals surface area contributed by atoms with E-state index in [9.17, 15) is 0 Å². The van der Waals surface area contributed by atoms with Crippen LogP contribution >= 0.6 is 0 Å². The molecule has 0 amide bonds. The summed E-state index contributed by atoms with van der Waals surface area (Å²) in [7, 11) is -3.64. The summed E-state index contributed by atoms with van der Waals surface area (Å²) in [4.78, 5) is 3.92. The van der Waals surface area contributed by atoms with Gasteiger partial charge in [0.15, 0.2) is 11.6 Å². The van der Waals surface area contributed by atoms with E-state index in [1.807, 2.05) is 168 Å². The molecule has 0 fully saturated rings. The average molecular weight is 1210 g/mol. The van der Waals surface area contributed by atoms with Crippen LogP contribution in [0.3, 0.4) is 0 Å². The first kappa shape index (κ1) is 57.6. The van der Waals surface area contributed by atoms with E-state index in [-0.39, 0.29) is 11.4 Å². The van der Waals surface area contributed by atoms with Crippen LogP contribution in [0.4, 0.5) is 51.7 Å². The first-order chi connectivity index (χ1) is 43.5. The topological polar surface area (TPSA) is 6.48 Å². The van der Waals surface area contributed by atoms with Gasteiger partial charge in [0.2, 0.25) is 0 Å². The van der Waals surface area contributed by atoms with Gasteiger partial charge in [-0.3, -0.25) is 0 Å². The minimum absolute atomic E-state index is 0.191. The Kier molecular flexibility index (Phi) is 14.8. The fraction of sp³-hybridized carbons (Fsp3) is 0.0732. The monoisotopic (exact) mass is 1210 g/mol. The largest absolute Gasteiger partial charge is 0.307 e. The van der Waals surface area contributed by atoms with E-state index in [4.69, 9.17) is 0 Å². The molecule has 2 nitrogen and oxygen atoms in total. The van der Waals surface area contributed by atoms with Crippen molar-refractivity contribution in [3.05, 3.63) is 302 Å². The zero-order valence-corrected chi connectivity index (χ0v) is 53.0. The smallest absolute Gasteiger partial charge is 0.150 e. The molecule has 0 heterocycles. The van der Waals surface area contributed by atoms with E-state index in [0.29, 0.717) is 45.0 Å². The normalized spacial score (nSPS) is 11.9. The van der Waals surface area contributed by atoms with Gasteiger partial charge in [-0.2, -0.15) is 0 Å². The second kappa shape index (κ2) is 23.1. The molecule has 0 saturated carbocycles. The fourth-order valence-corrected chi connectivity index (χ4v) is 15.3. The lowest BCUT2D eigenvalue weighted by Gasteiger charge is -2.32. The molecule has 0 radical (unpaired) electrons. The molecule has 0 aliphatic heterocycles. The summed E-state index contributed by atoms with van der Waals surface area (Å²) in [6.45, 7) is 13.8. The third kappa shape index (κ3) is 10.9. The number of halogens is 4. The van der Waals surface area contributed by atoms with Crippen LogP contribution in [-0.4, -0.2) is 16.1 Å². The third-order valence-electron chi connectivity index (χ3n) is 17.5. The molecule has 0 saturated heterocycles. The molecule has 0 aromatic heterocycles. The van der Waals surface area contributed by atoms with Gasteiger partial charge in [0.05, 0.1) is 38.9 Å². The number of benzene rings is 14. The lowest BCUT2D eigenvalue weighted by Crippen LogP contribution is -2.37. The molecule has 0 bridgehead atoms. The summed E-state index contributed by atoms with van der Waals surface area (Å²) in [6, 6.07) is 91.0. The van der Waals surface area contributed by atoms with E-state index in [1.54, 1.807) is 0 Å². The highest BCUT2D eigenvalue weighted by molar-refractivity contribution is 6.89. The minimum Gasteiger partial charge on any atom is -0.307 e. The first-order valence-corrected chi connectivity index (χ1v) is 37.5. The van der Waals surface area contributed by atoms with Crippen LogP contribution in [0.25, 0.3) is 99.1 Å². The van der Waals surface area contributed by atoms with Gasteiger partial charge in [-0.1, -0.05) is 232 Å². The molecule has 14 aromatic carbocycles. The SMILES string of the molecule is C[Si](C)(C)c1ccc(N(c2c(F)cc(F)cc2-c2cc(-c3ccccc3)cc(-c3ccccc3)c2)c2ccc3ccc4c(N(c5ccc([Si](C)(C)C)cc5)c5c(F)cc(F)cc5-c5cc(-c6ccccc6)cc(-c6ccccc6)c5)ccc5ccc2c3c54)cc1. The van der Waals surface area contributed by atoms with Crippen LogP contribution in [0, 0.1) is 23.3 Å². The molecular formula is C82H64F4N2Si2. The molecule has 0 spiro atoms. The van der Waals surface area contributed by atoms with Gasteiger partial charge in [0.25, 0.3) is 0 Å². The van der Waals surface area contributed by atoms with Crippen LogP contribution in [0.1, 0.15) is 0 Å². The summed E-state index contributed by atoms with van der Waals surface area (Å²) in [5, 5.41) is 7.80. The molecule has 0 N–H and O–H groups in total. The van der Waals surface area contributed by atoms with Gasteiger partial charge in [-0.05, 0) is 162 Å². The van der Waals surface area contributed by atoms with Gasteiger partial charge < -0.3 is 9.80 Å². The predicted octanol–water partition coefficient (Wildman–Crippen LogP) is 23.2. The number of hydrogen-bond donors (Lipinski definition) is 0. The summed E-state index contributed by atoms with van der Waals surface area (Å²) in [5.74, 6) is -2.85. The Hall–Kier alpha value is -10.1. The highest BCUT2D eigenvalue weighted by Crippen LogP contribution is 2.52. The lowest BCUT2D eigenvalue weighted by molar-refractivity contribution is 0.584. The maximum Gasteiger partial charge on any atom is 0.150 e. The van der Waals surface area contributed by atoms with Crippen LogP contribution in [0.5, 0.6) is 0 Å². The summed E-state index contributed by atoms with van der Waals surface area (Å²) >= 11 is 0. The summed E-state index contributed by atoms with van der Waals surface area (Å²) in [6.07, 6.45) is 0. The second-order valence-corrected chi connectivity index (χ2v) is 35.6. The van der Waals surface area contributed by atoms with Crippen molar-refractivity contribution in [3.8, 4) is 66.8 Å². The van der Waals surface area contributed by atoms with E-state index in [2.05, 4.69) is 136 Å². The van der Waals surface area contributed by atoms with Crippen molar-refractivity contribution in [2.24, 2.45) is 0 Å². The zero-order valence-electron chi connectivity index (χ0n) is 51.0. The van der Waals surface area contributed by atoms with Crippen molar-refractivity contribution in [1.29, 1.82) is 0 Å². The number of nitrogens with zero attached hydrogens (tertiary/aromatic N) is 2. The van der Waals surface area contributed by atoms with Crippen molar-refractivity contribution in [2.75, 3.05) is 9.80 Å². The Morgan fingerprint density at radius 2 is 0.556 bits per heavy atom. The minimum atomic E-state index is -1.82. The number of anilines is 6. The number of hydrogen-bond acceptors (Lipinski definition) is 2. The highest BCUT2D eigenvalue weighted by atomic mass is 28.3. The predicted molar refractivity (Wildman–Crippen MR) is 378 cm³/mol.